The molecular formula is C17H23N3O2S. The molecule has 23 heavy (non-hydrogen) atoms. The maximum Gasteiger partial charge on any atom is 0.286 e. The number of hydrogen-bond donors (Lipinski definition) is 1. The second-order valence-electron chi connectivity index (χ2n) is 5.99. The first-order valence-electron chi connectivity index (χ1n) is 8.22. The molecule has 6 heteroatoms. The fraction of sp³-hybridized carbons (Fsp3) is 0.529. The Hall–Kier alpha value is -1.66. The molecule has 1 fully saturated rings. The zero-order chi connectivity index (χ0) is 16.1. The van der Waals surface area contributed by atoms with Gasteiger partial charge in [0.25, 0.3) is 5.91 Å². The summed E-state index contributed by atoms with van der Waals surface area (Å²) in [5.74, 6) is 0.816. The highest BCUT2D eigenvalue weighted by atomic mass is 32.1. The molecule has 3 heterocycles. The second-order valence-corrected chi connectivity index (χ2v) is 6.94. The van der Waals surface area contributed by atoms with E-state index in [4.69, 9.17) is 4.42 Å². The van der Waals surface area contributed by atoms with Crippen molar-refractivity contribution in [1.82, 2.24) is 15.2 Å². The normalized spacial score (nSPS) is 16.6. The Bertz CT molecular complexity index is 616. The first-order valence-corrected chi connectivity index (χ1v) is 9.10. The number of carbonyl (C=O) groups excluding carboxylic acids is 1. The summed E-state index contributed by atoms with van der Waals surface area (Å²) in [6.07, 6.45) is 4.77. The molecule has 0 bridgehead atoms. The Morgan fingerprint density at radius 2 is 2.30 bits per heavy atom. The van der Waals surface area contributed by atoms with Crippen molar-refractivity contribution in [1.29, 1.82) is 0 Å². The molecular weight excluding hydrogens is 310 g/mol. The standard InChI is InChI=1S/C17H23N3O2S/c1-2-16-19-14(12-23-16)11-20-7-5-13(6-8-20)10-18-17(21)15-4-3-9-22-15/h3-4,9,12-13H,2,5-8,10-11H2,1H3,(H,18,21). The topological polar surface area (TPSA) is 58.4 Å². The summed E-state index contributed by atoms with van der Waals surface area (Å²) < 4.78 is 5.10. The predicted molar refractivity (Wildman–Crippen MR) is 90.5 cm³/mol. The molecule has 1 aliphatic heterocycles. The van der Waals surface area contributed by atoms with Gasteiger partial charge in [-0.3, -0.25) is 9.69 Å². The summed E-state index contributed by atoms with van der Waals surface area (Å²) in [7, 11) is 0. The Morgan fingerprint density at radius 1 is 1.48 bits per heavy atom. The van der Waals surface area contributed by atoms with E-state index in [0.29, 0.717) is 11.7 Å². The Balaban J connectivity index is 1.39. The van der Waals surface area contributed by atoms with Crippen molar-refractivity contribution in [2.75, 3.05) is 19.6 Å². The van der Waals surface area contributed by atoms with Crippen LogP contribution >= 0.6 is 11.3 Å². The minimum atomic E-state index is -0.119. The number of amides is 1. The number of nitrogens with one attached hydrogen (secondary N) is 1. The highest BCUT2D eigenvalue weighted by Gasteiger charge is 2.21. The quantitative estimate of drug-likeness (QED) is 0.883. The van der Waals surface area contributed by atoms with Gasteiger partial charge in [-0.1, -0.05) is 6.92 Å². The number of thiazole rings is 1. The zero-order valence-electron chi connectivity index (χ0n) is 13.5. The minimum Gasteiger partial charge on any atom is -0.459 e. The third-order valence-electron chi connectivity index (χ3n) is 4.29. The molecule has 1 aliphatic rings. The summed E-state index contributed by atoms with van der Waals surface area (Å²) in [4.78, 5) is 19.0. The molecule has 124 valence electrons. The number of likely N-dealkylation sites (tertiary alicyclic amines) is 1. The minimum absolute atomic E-state index is 0.119. The average Bonchev–Trinajstić information content (AvgIpc) is 3.25. The van der Waals surface area contributed by atoms with Gasteiger partial charge in [0.05, 0.1) is 17.0 Å². The lowest BCUT2D eigenvalue weighted by Gasteiger charge is -2.31. The second kappa shape index (κ2) is 7.75. The number of furan rings is 1. The summed E-state index contributed by atoms with van der Waals surface area (Å²) in [6, 6.07) is 3.42. The molecule has 1 N–H and O–H groups in total. The number of aromatic nitrogens is 1. The van der Waals surface area contributed by atoms with Crippen LogP contribution in [0.25, 0.3) is 0 Å². The molecule has 1 amide bonds. The monoisotopic (exact) mass is 333 g/mol. The van der Waals surface area contributed by atoms with Crippen LogP contribution < -0.4 is 5.32 Å². The average molecular weight is 333 g/mol. The molecule has 0 saturated carbocycles. The molecule has 0 aromatic carbocycles. The van der Waals surface area contributed by atoms with Crippen molar-refractivity contribution < 1.29 is 9.21 Å². The van der Waals surface area contributed by atoms with Crippen LogP contribution in [0.15, 0.2) is 28.2 Å². The third-order valence-corrected chi connectivity index (χ3v) is 5.33. The summed E-state index contributed by atoms with van der Waals surface area (Å²) in [6.45, 7) is 5.96. The van der Waals surface area contributed by atoms with Crippen LogP contribution in [0, 0.1) is 5.92 Å². The lowest BCUT2D eigenvalue weighted by atomic mass is 9.96. The van der Waals surface area contributed by atoms with E-state index in [9.17, 15) is 4.79 Å². The fourth-order valence-corrected chi connectivity index (χ4v) is 3.63. The number of piperidine rings is 1. The zero-order valence-corrected chi connectivity index (χ0v) is 14.3. The van der Waals surface area contributed by atoms with Gasteiger partial charge < -0.3 is 9.73 Å². The molecule has 5 nitrogen and oxygen atoms in total. The maximum atomic E-state index is 11.9. The fourth-order valence-electron chi connectivity index (χ4n) is 2.89. The van der Waals surface area contributed by atoms with Crippen molar-refractivity contribution in [2.24, 2.45) is 5.92 Å². The van der Waals surface area contributed by atoms with E-state index in [2.05, 4.69) is 27.5 Å². The van der Waals surface area contributed by atoms with E-state index in [0.717, 1.165) is 45.4 Å². The molecule has 2 aromatic heterocycles. The number of nitrogens with zero attached hydrogens (tertiary/aromatic N) is 2. The molecule has 3 rings (SSSR count). The Kier molecular flexibility index (Phi) is 5.46. The van der Waals surface area contributed by atoms with Crippen molar-refractivity contribution in [2.45, 2.75) is 32.7 Å². The van der Waals surface area contributed by atoms with Gasteiger partial charge in [-0.25, -0.2) is 4.98 Å². The van der Waals surface area contributed by atoms with E-state index in [-0.39, 0.29) is 5.91 Å². The number of aryl methyl sites for hydroxylation is 1. The van der Waals surface area contributed by atoms with Crippen LogP contribution in [0.3, 0.4) is 0 Å². The predicted octanol–water partition coefficient (Wildman–Crippen LogP) is 2.94. The van der Waals surface area contributed by atoms with Crippen LogP contribution in [0.1, 0.15) is 41.0 Å². The van der Waals surface area contributed by atoms with Gasteiger partial charge in [0.15, 0.2) is 5.76 Å². The molecule has 0 aliphatic carbocycles. The molecule has 0 atom stereocenters. The van der Waals surface area contributed by atoms with Crippen LogP contribution in [0.4, 0.5) is 0 Å². The number of hydrogen-bond acceptors (Lipinski definition) is 5. The molecule has 0 spiro atoms. The van der Waals surface area contributed by atoms with Crippen molar-refractivity contribution in [3.63, 3.8) is 0 Å². The molecule has 0 unspecified atom stereocenters. The van der Waals surface area contributed by atoms with Gasteiger partial charge in [0.1, 0.15) is 0 Å². The van der Waals surface area contributed by atoms with Gasteiger partial charge in [-0.15, -0.1) is 11.3 Å². The van der Waals surface area contributed by atoms with E-state index in [1.54, 1.807) is 23.5 Å². The van der Waals surface area contributed by atoms with Gasteiger partial charge in [0.2, 0.25) is 0 Å². The van der Waals surface area contributed by atoms with Crippen molar-refractivity contribution in [3.05, 3.63) is 40.2 Å². The van der Waals surface area contributed by atoms with Crippen LogP contribution in [-0.4, -0.2) is 35.4 Å². The lowest BCUT2D eigenvalue weighted by molar-refractivity contribution is 0.0907. The van der Waals surface area contributed by atoms with Crippen LogP contribution in [0.5, 0.6) is 0 Å². The molecule has 2 aromatic rings. The van der Waals surface area contributed by atoms with Crippen LogP contribution in [-0.2, 0) is 13.0 Å². The smallest absolute Gasteiger partial charge is 0.286 e. The van der Waals surface area contributed by atoms with E-state index in [1.165, 1.54) is 17.0 Å². The molecule has 1 saturated heterocycles. The summed E-state index contributed by atoms with van der Waals surface area (Å²) in [5, 5.41) is 6.36. The maximum absolute atomic E-state index is 11.9. The SMILES string of the molecule is CCc1nc(CN2CCC(CNC(=O)c3ccco3)CC2)cs1. The van der Waals surface area contributed by atoms with Crippen molar-refractivity contribution >= 4 is 17.2 Å². The lowest BCUT2D eigenvalue weighted by Crippen LogP contribution is -2.38. The van der Waals surface area contributed by atoms with Gasteiger partial charge in [0, 0.05) is 18.5 Å². The largest absolute Gasteiger partial charge is 0.459 e. The van der Waals surface area contributed by atoms with Crippen LogP contribution in [0.2, 0.25) is 0 Å². The Labute approximate surface area is 140 Å². The molecule has 0 radical (unpaired) electrons. The van der Waals surface area contributed by atoms with Crippen molar-refractivity contribution in [3.8, 4) is 0 Å². The first-order chi connectivity index (χ1) is 11.2. The van der Waals surface area contributed by atoms with Gasteiger partial charge in [-0.2, -0.15) is 0 Å². The highest BCUT2D eigenvalue weighted by Crippen LogP contribution is 2.19. The summed E-state index contributed by atoms with van der Waals surface area (Å²) >= 11 is 1.75. The van der Waals surface area contributed by atoms with Gasteiger partial charge >= 0.3 is 0 Å². The number of carbonyl (C=O) groups is 1. The third kappa shape index (κ3) is 4.42. The highest BCUT2D eigenvalue weighted by molar-refractivity contribution is 7.09. The van der Waals surface area contributed by atoms with E-state index < -0.39 is 0 Å². The van der Waals surface area contributed by atoms with Gasteiger partial charge in [-0.05, 0) is 50.4 Å². The Morgan fingerprint density at radius 3 is 2.96 bits per heavy atom. The summed E-state index contributed by atoms with van der Waals surface area (Å²) in [5.41, 5.74) is 1.19. The first kappa shape index (κ1) is 16.2. The van der Waals surface area contributed by atoms with E-state index in [1.807, 2.05) is 0 Å². The number of rotatable bonds is 6. The van der Waals surface area contributed by atoms with E-state index >= 15 is 0 Å².